The SMILES string of the molecule is CCOCCCn1c(SCC(=O)Nc2cccc(Cl)c2)nc2c(oc3ccccc32)c1=O. The van der Waals surface area contributed by atoms with E-state index in [1.54, 1.807) is 34.9 Å². The number of hydrogen-bond donors (Lipinski definition) is 1. The summed E-state index contributed by atoms with van der Waals surface area (Å²) in [4.78, 5) is 30.4. The third kappa shape index (κ3) is 4.98. The first-order valence-corrected chi connectivity index (χ1v) is 11.6. The Hall–Kier alpha value is -2.81. The molecule has 0 saturated heterocycles. The Labute approximate surface area is 193 Å². The van der Waals surface area contributed by atoms with Crippen molar-refractivity contribution in [3.63, 3.8) is 0 Å². The Morgan fingerprint density at radius 2 is 2.09 bits per heavy atom. The van der Waals surface area contributed by atoms with E-state index in [1.807, 2.05) is 25.1 Å². The number of carbonyl (C=O) groups excluding carboxylic acids is 1. The minimum Gasteiger partial charge on any atom is -0.448 e. The van der Waals surface area contributed by atoms with Gasteiger partial charge in [-0.15, -0.1) is 0 Å². The van der Waals surface area contributed by atoms with Gasteiger partial charge in [-0.3, -0.25) is 14.2 Å². The highest BCUT2D eigenvalue weighted by molar-refractivity contribution is 7.99. The molecule has 0 atom stereocenters. The van der Waals surface area contributed by atoms with Crippen LogP contribution in [-0.4, -0.2) is 34.4 Å². The van der Waals surface area contributed by atoms with Crippen molar-refractivity contribution < 1.29 is 13.9 Å². The number of nitrogens with one attached hydrogen (secondary N) is 1. The number of anilines is 1. The lowest BCUT2D eigenvalue weighted by Crippen LogP contribution is -2.24. The van der Waals surface area contributed by atoms with Crippen LogP contribution in [0.5, 0.6) is 0 Å². The van der Waals surface area contributed by atoms with Gasteiger partial charge in [0.15, 0.2) is 5.16 Å². The highest BCUT2D eigenvalue weighted by Crippen LogP contribution is 2.27. The monoisotopic (exact) mass is 471 g/mol. The maximum Gasteiger partial charge on any atom is 0.297 e. The predicted molar refractivity (Wildman–Crippen MR) is 128 cm³/mol. The molecule has 0 aliphatic rings. The van der Waals surface area contributed by atoms with Crippen molar-refractivity contribution in [3.05, 3.63) is 63.9 Å². The van der Waals surface area contributed by atoms with Crippen molar-refractivity contribution >= 4 is 57.0 Å². The van der Waals surface area contributed by atoms with Crippen LogP contribution in [0.15, 0.2) is 62.9 Å². The Morgan fingerprint density at radius 3 is 2.91 bits per heavy atom. The van der Waals surface area contributed by atoms with Crippen molar-refractivity contribution in [2.75, 3.05) is 24.3 Å². The van der Waals surface area contributed by atoms with E-state index in [0.717, 1.165) is 5.39 Å². The molecule has 2 aromatic carbocycles. The number of para-hydroxylation sites is 1. The third-order valence-corrected chi connectivity index (χ3v) is 5.97. The standard InChI is InChI=1S/C23H22ClN3O4S/c1-2-30-12-6-11-27-22(29)21-20(17-9-3-4-10-18(17)31-21)26-23(27)32-14-19(28)25-16-8-5-7-15(24)13-16/h3-5,7-10,13H,2,6,11-12,14H2,1H3,(H,25,28). The van der Waals surface area contributed by atoms with Gasteiger partial charge in [-0.25, -0.2) is 4.98 Å². The number of halogens is 1. The maximum absolute atomic E-state index is 13.2. The summed E-state index contributed by atoms with van der Waals surface area (Å²) in [7, 11) is 0. The summed E-state index contributed by atoms with van der Waals surface area (Å²) in [6.45, 7) is 3.48. The fourth-order valence-corrected chi connectivity index (χ4v) is 4.33. The zero-order chi connectivity index (χ0) is 22.5. The molecule has 0 radical (unpaired) electrons. The molecule has 0 fully saturated rings. The summed E-state index contributed by atoms with van der Waals surface area (Å²) < 4.78 is 12.8. The summed E-state index contributed by atoms with van der Waals surface area (Å²) >= 11 is 7.19. The number of carbonyl (C=O) groups is 1. The van der Waals surface area contributed by atoms with Crippen molar-refractivity contribution in [3.8, 4) is 0 Å². The first-order chi connectivity index (χ1) is 15.6. The fourth-order valence-electron chi connectivity index (χ4n) is 3.32. The Kier molecular flexibility index (Phi) is 7.14. The van der Waals surface area contributed by atoms with E-state index >= 15 is 0 Å². The van der Waals surface area contributed by atoms with Crippen LogP contribution in [-0.2, 0) is 16.1 Å². The largest absolute Gasteiger partial charge is 0.448 e. The van der Waals surface area contributed by atoms with Gasteiger partial charge in [-0.1, -0.05) is 41.6 Å². The average Bonchev–Trinajstić information content (AvgIpc) is 3.16. The molecule has 0 spiro atoms. The highest BCUT2D eigenvalue weighted by Gasteiger charge is 2.18. The molecule has 1 amide bonds. The lowest BCUT2D eigenvalue weighted by atomic mass is 10.2. The van der Waals surface area contributed by atoms with E-state index in [1.165, 1.54) is 11.8 Å². The lowest BCUT2D eigenvalue weighted by Gasteiger charge is -2.12. The number of amides is 1. The van der Waals surface area contributed by atoms with Gasteiger partial charge in [0.1, 0.15) is 11.1 Å². The second-order valence-electron chi connectivity index (χ2n) is 7.02. The van der Waals surface area contributed by atoms with Gasteiger partial charge < -0.3 is 14.5 Å². The summed E-state index contributed by atoms with van der Waals surface area (Å²) in [5, 5.41) is 4.58. The minimum atomic E-state index is -0.263. The molecular formula is C23H22ClN3O4S. The molecule has 1 N–H and O–H groups in total. The Balaban J connectivity index is 1.62. The number of nitrogens with zero attached hydrogens (tertiary/aromatic N) is 2. The van der Waals surface area contributed by atoms with Crippen LogP contribution in [0.4, 0.5) is 5.69 Å². The van der Waals surface area contributed by atoms with E-state index in [0.29, 0.717) is 53.1 Å². The van der Waals surface area contributed by atoms with Crippen LogP contribution >= 0.6 is 23.4 Å². The Morgan fingerprint density at radius 1 is 1.25 bits per heavy atom. The molecule has 9 heteroatoms. The van der Waals surface area contributed by atoms with Gasteiger partial charge in [0.2, 0.25) is 11.5 Å². The molecule has 2 aromatic heterocycles. The van der Waals surface area contributed by atoms with Crippen LogP contribution < -0.4 is 10.9 Å². The second-order valence-corrected chi connectivity index (χ2v) is 8.40. The van der Waals surface area contributed by atoms with Gasteiger partial charge in [-0.05, 0) is 43.7 Å². The van der Waals surface area contributed by atoms with E-state index < -0.39 is 0 Å². The van der Waals surface area contributed by atoms with Crippen LogP contribution in [0.3, 0.4) is 0 Å². The molecule has 166 valence electrons. The smallest absolute Gasteiger partial charge is 0.297 e. The zero-order valence-corrected chi connectivity index (χ0v) is 19.0. The van der Waals surface area contributed by atoms with Crippen molar-refractivity contribution in [2.45, 2.75) is 25.0 Å². The number of aromatic nitrogens is 2. The first kappa shape index (κ1) is 22.4. The normalized spacial score (nSPS) is 11.3. The summed E-state index contributed by atoms with van der Waals surface area (Å²) in [6, 6.07) is 14.3. The Bertz CT molecular complexity index is 1320. The average molecular weight is 472 g/mol. The fraction of sp³-hybridized carbons (Fsp3) is 0.261. The molecule has 0 unspecified atom stereocenters. The molecule has 0 aliphatic heterocycles. The van der Waals surface area contributed by atoms with E-state index in [-0.39, 0.29) is 22.8 Å². The topological polar surface area (TPSA) is 86.4 Å². The maximum atomic E-state index is 13.2. The molecule has 0 bridgehead atoms. The van der Waals surface area contributed by atoms with Crippen LogP contribution in [0.1, 0.15) is 13.3 Å². The lowest BCUT2D eigenvalue weighted by molar-refractivity contribution is -0.113. The summed E-state index contributed by atoms with van der Waals surface area (Å²) in [5.41, 5.74) is 1.68. The number of rotatable bonds is 9. The van der Waals surface area contributed by atoms with Gasteiger partial charge in [0.25, 0.3) is 5.56 Å². The first-order valence-electron chi connectivity index (χ1n) is 10.2. The molecule has 7 nitrogen and oxygen atoms in total. The quantitative estimate of drug-likeness (QED) is 0.211. The van der Waals surface area contributed by atoms with Crippen LogP contribution in [0.2, 0.25) is 5.02 Å². The molecule has 4 rings (SSSR count). The summed E-state index contributed by atoms with van der Waals surface area (Å²) in [5.74, 6) is -0.129. The summed E-state index contributed by atoms with van der Waals surface area (Å²) in [6.07, 6.45) is 0.642. The molecular weight excluding hydrogens is 450 g/mol. The highest BCUT2D eigenvalue weighted by atomic mass is 35.5. The number of furan rings is 1. The predicted octanol–water partition coefficient (Wildman–Crippen LogP) is 4.95. The molecule has 0 aliphatic carbocycles. The van der Waals surface area contributed by atoms with Crippen LogP contribution in [0.25, 0.3) is 22.1 Å². The van der Waals surface area contributed by atoms with Crippen molar-refractivity contribution in [1.29, 1.82) is 0 Å². The molecule has 0 saturated carbocycles. The van der Waals surface area contributed by atoms with Crippen LogP contribution in [0, 0.1) is 0 Å². The number of hydrogen-bond acceptors (Lipinski definition) is 6. The van der Waals surface area contributed by atoms with Crippen molar-refractivity contribution in [2.24, 2.45) is 0 Å². The van der Waals surface area contributed by atoms with E-state index in [9.17, 15) is 9.59 Å². The third-order valence-electron chi connectivity index (χ3n) is 4.76. The minimum absolute atomic E-state index is 0.0890. The zero-order valence-electron chi connectivity index (χ0n) is 17.5. The number of ether oxygens (including phenoxy) is 1. The number of thioether (sulfide) groups is 1. The van der Waals surface area contributed by atoms with E-state index in [2.05, 4.69) is 5.32 Å². The molecule has 32 heavy (non-hydrogen) atoms. The van der Waals surface area contributed by atoms with Gasteiger partial charge >= 0.3 is 0 Å². The number of benzene rings is 2. The van der Waals surface area contributed by atoms with Crippen molar-refractivity contribution in [1.82, 2.24) is 9.55 Å². The van der Waals surface area contributed by atoms with Gasteiger partial charge in [-0.2, -0.15) is 0 Å². The van der Waals surface area contributed by atoms with Gasteiger partial charge in [0, 0.05) is 35.9 Å². The number of fused-ring (bicyclic) bond motifs is 3. The van der Waals surface area contributed by atoms with Gasteiger partial charge in [0.05, 0.1) is 5.75 Å². The van der Waals surface area contributed by atoms with E-state index in [4.69, 9.17) is 25.7 Å². The molecule has 4 aromatic rings. The second kappa shape index (κ2) is 10.2. The molecule has 2 heterocycles.